The number of likely N-dealkylation sites (tertiary alicyclic amines) is 1. The maximum Gasteiger partial charge on any atom is 0.322 e. The summed E-state index contributed by atoms with van der Waals surface area (Å²) in [5.41, 5.74) is 0.679. The summed E-state index contributed by atoms with van der Waals surface area (Å²) in [5, 5.41) is 3.31. The molecule has 2 fully saturated rings. The van der Waals surface area contributed by atoms with E-state index < -0.39 is 0 Å². The van der Waals surface area contributed by atoms with E-state index in [1.807, 2.05) is 0 Å². The largest absolute Gasteiger partial charge is 0.468 e. The molecule has 4 heteroatoms. The minimum atomic E-state index is -0.141. The minimum absolute atomic E-state index is 0.118. The SMILES string of the molecule is CCCNC(CCN1CCC2(CCCC2)CC1)C(=O)OC. The van der Waals surface area contributed by atoms with Crippen molar-refractivity contribution in [1.29, 1.82) is 0 Å². The molecule has 21 heavy (non-hydrogen) atoms. The van der Waals surface area contributed by atoms with Crippen LogP contribution in [0.25, 0.3) is 0 Å². The van der Waals surface area contributed by atoms with Crippen LogP contribution < -0.4 is 5.32 Å². The fraction of sp³-hybridized carbons (Fsp3) is 0.941. The van der Waals surface area contributed by atoms with Crippen molar-refractivity contribution < 1.29 is 9.53 Å². The molecule has 1 aliphatic heterocycles. The first kappa shape index (κ1) is 16.8. The zero-order valence-electron chi connectivity index (χ0n) is 13.8. The van der Waals surface area contributed by atoms with Gasteiger partial charge in [-0.1, -0.05) is 19.8 Å². The summed E-state index contributed by atoms with van der Waals surface area (Å²) in [5.74, 6) is -0.118. The third-order valence-corrected chi connectivity index (χ3v) is 5.44. The molecule has 1 N–H and O–H groups in total. The number of piperidine rings is 1. The van der Waals surface area contributed by atoms with Gasteiger partial charge in [-0.05, 0) is 63.6 Å². The average Bonchev–Trinajstić information content (AvgIpc) is 2.97. The molecule has 0 amide bonds. The summed E-state index contributed by atoms with van der Waals surface area (Å²) in [6.07, 6.45) is 10.4. The number of carbonyl (C=O) groups excluding carboxylic acids is 1. The van der Waals surface area contributed by atoms with E-state index in [4.69, 9.17) is 4.74 Å². The van der Waals surface area contributed by atoms with Crippen LogP contribution in [0.5, 0.6) is 0 Å². The van der Waals surface area contributed by atoms with Gasteiger partial charge in [0.1, 0.15) is 6.04 Å². The van der Waals surface area contributed by atoms with Crippen molar-refractivity contribution in [1.82, 2.24) is 10.2 Å². The summed E-state index contributed by atoms with van der Waals surface area (Å²) in [7, 11) is 1.48. The number of esters is 1. The van der Waals surface area contributed by atoms with Gasteiger partial charge in [0.25, 0.3) is 0 Å². The number of hydrogen-bond donors (Lipinski definition) is 1. The molecule has 1 saturated heterocycles. The zero-order chi connectivity index (χ0) is 15.1. The van der Waals surface area contributed by atoms with E-state index in [1.54, 1.807) is 0 Å². The van der Waals surface area contributed by atoms with E-state index >= 15 is 0 Å². The Morgan fingerprint density at radius 1 is 1.24 bits per heavy atom. The van der Waals surface area contributed by atoms with Crippen LogP contribution >= 0.6 is 0 Å². The van der Waals surface area contributed by atoms with Crippen LogP contribution in [0.1, 0.15) is 58.3 Å². The number of nitrogens with one attached hydrogen (secondary N) is 1. The summed E-state index contributed by atoms with van der Waals surface area (Å²) < 4.78 is 4.91. The molecule has 1 saturated carbocycles. The smallest absolute Gasteiger partial charge is 0.322 e. The van der Waals surface area contributed by atoms with Crippen molar-refractivity contribution in [2.24, 2.45) is 5.41 Å². The molecule has 1 spiro atoms. The molecular weight excluding hydrogens is 264 g/mol. The van der Waals surface area contributed by atoms with Gasteiger partial charge in [-0.25, -0.2) is 0 Å². The van der Waals surface area contributed by atoms with E-state index in [0.29, 0.717) is 5.41 Å². The highest BCUT2D eigenvalue weighted by Crippen LogP contribution is 2.46. The van der Waals surface area contributed by atoms with Crippen molar-refractivity contribution in [3.8, 4) is 0 Å². The highest BCUT2D eigenvalue weighted by Gasteiger charge is 2.36. The van der Waals surface area contributed by atoms with Crippen molar-refractivity contribution in [2.45, 2.75) is 64.3 Å². The third kappa shape index (κ3) is 4.68. The normalized spacial score (nSPS) is 23.3. The fourth-order valence-corrected chi connectivity index (χ4v) is 3.95. The van der Waals surface area contributed by atoms with Gasteiger partial charge in [-0.3, -0.25) is 4.79 Å². The second kappa shape index (κ2) is 8.14. The summed E-state index contributed by atoms with van der Waals surface area (Å²) in [6.45, 7) is 6.42. The number of hydrogen-bond acceptors (Lipinski definition) is 4. The molecular formula is C17H32N2O2. The van der Waals surface area contributed by atoms with Crippen molar-refractivity contribution >= 4 is 5.97 Å². The Morgan fingerprint density at radius 3 is 2.48 bits per heavy atom. The molecule has 1 atom stereocenters. The lowest BCUT2D eigenvalue weighted by Crippen LogP contribution is -2.44. The quantitative estimate of drug-likeness (QED) is 0.733. The standard InChI is InChI=1S/C17H32N2O2/c1-3-11-18-15(16(20)21-2)6-12-19-13-9-17(10-14-19)7-4-5-8-17/h15,18H,3-14H2,1-2H3. The highest BCUT2D eigenvalue weighted by molar-refractivity contribution is 5.75. The van der Waals surface area contributed by atoms with E-state index in [2.05, 4.69) is 17.1 Å². The molecule has 0 aromatic carbocycles. The van der Waals surface area contributed by atoms with Crippen molar-refractivity contribution in [3.05, 3.63) is 0 Å². The Kier molecular flexibility index (Phi) is 6.49. The third-order valence-electron chi connectivity index (χ3n) is 5.44. The van der Waals surface area contributed by atoms with Crippen LogP contribution in [0.2, 0.25) is 0 Å². The van der Waals surface area contributed by atoms with Gasteiger partial charge in [-0.15, -0.1) is 0 Å². The summed E-state index contributed by atoms with van der Waals surface area (Å²) in [4.78, 5) is 14.3. The summed E-state index contributed by atoms with van der Waals surface area (Å²) >= 11 is 0. The molecule has 1 aliphatic carbocycles. The Labute approximate surface area is 129 Å². The molecule has 0 aromatic rings. The van der Waals surface area contributed by atoms with E-state index in [1.165, 1.54) is 58.7 Å². The fourth-order valence-electron chi connectivity index (χ4n) is 3.95. The number of nitrogens with zero attached hydrogens (tertiary/aromatic N) is 1. The number of carbonyl (C=O) groups is 1. The number of ether oxygens (including phenoxy) is 1. The van der Waals surface area contributed by atoms with Gasteiger partial charge in [0.2, 0.25) is 0 Å². The van der Waals surface area contributed by atoms with Gasteiger partial charge >= 0.3 is 5.97 Å². The molecule has 0 radical (unpaired) electrons. The molecule has 122 valence electrons. The number of rotatable bonds is 7. The second-order valence-electron chi connectivity index (χ2n) is 6.87. The number of methoxy groups -OCH3 is 1. The van der Waals surface area contributed by atoms with Crippen LogP contribution in [0.15, 0.2) is 0 Å². The molecule has 2 rings (SSSR count). The maximum absolute atomic E-state index is 11.8. The Hall–Kier alpha value is -0.610. The van der Waals surface area contributed by atoms with E-state index in [9.17, 15) is 4.79 Å². The predicted molar refractivity (Wildman–Crippen MR) is 85.3 cm³/mol. The predicted octanol–water partition coefficient (Wildman–Crippen LogP) is 2.57. The Balaban J connectivity index is 1.72. The second-order valence-corrected chi connectivity index (χ2v) is 6.87. The molecule has 4 nitrogen and oxygen atoms in total. The molecule has 0 aromatic heterocycles. The zero-order valence-corrected chi connectivity index (χ0v) is 13.8. The monoisotopic (exact) mass is 296 g/mol. The highest BCUT2D eigenvalue weighted by atomic mass is 16.5. The van der Waals surface area contributed by atoms with Crippen LogP contribution in [-0.2, 0) is 9.53 Å². The lowest BCUT2D eigenvalue weighted by atomic mass is 9.77. The van der Waals surface area contributed by atoms with Gasteiger partial charge in [0, 0.05) is 6.54 Å². The molecule has 1 heterocycles. The lowest BCUT2D eigenvalue weighted by Gasteiger charge is -2.39. The first-order valence-electron chi connectivity index (χ1n) is 8.73. The van der Waals surface area contributed by atoms with Crippen molar-refractivity contribution in [3.63, 3.8) is 0 Å². The minimum Gasteiger partial charge on any atom is -0.468 e. The average molecular weight is 296 g/mol. The first-order chi connectivity index (χ1) is 10.2. The Morgan fingerprint density at radius 2 is 1.90 bits per heavy atom. The van der Waals surface area contributed by atoms with E-state index in [0.717, 1.165) is 25.9 Å². The molecule has 0 bridgehead atoms. The van der Waals surface area contributed by atoms with Gasteiger partial charge in [-0.2, -0.15) is 0 Å². The topological polar surface area (TPSA) is 41.6 Å². The van der Waals surface area contributed by atoms with Gasteiger partial charge in [0.05, 0.1) is 7.11 Å². The molecule has 2 aliphatic rings. The van der Waals surface area contributed by atoms with Crippen LogP contribution in [-0.4, -0.2) is 50.2 Å². The summed E-state index contributed by atoms with van der Waals surface area (Å²) in [6, 6.07) is -0.141. The molecule has 1 unspecified atom stereocenters. The first-order valence-corrected chi connectivity index (χ1v) is 8.73. The van der Waals surface area contributed by atoms with Gasteiger partial charge in [0.15, 0.2) is 0 Å². The van der Waals surface area contributed by atoms with Crippen LogP contribution in [0, 0.1) is 5.41 Å². The van der Waals surface area contributed by atoms with Crippen LogP contribution in [0.3, 0.4) is 0 Å². The van der Waals surface area contributed by atoms with Crippen LogP contribution in [0.4, 0.5) is 0 Å². The lowest BCUT2D eigenvalue weighted by molar-refractivity contribution is -0.143. The van der Waals surface area contributed by atoms with Crippen molar-refractivity contribution in [2.75, 3.05) is 33.3 Å². The van der Waals surface area contributed by atoms with E-state index in [-0.39, 0.29) is 12.0 Å². The van der Waals surface area contributed by atoms with Gasteiger partial charge < -0.3 is 15.0 Å². The Bertz CT molecular complexity index is 317. The maximum atomic E-state index is 11.8.